The van der Waals surface area contributed by atoms with Gasteiger partial charge in [-0.2, -0.15) is 0 Å². The molecule has 0 atom stereocenters. The molecule has 0 aliphatic carbocycles. The Kier molecular flexibility index (Phi) is 6.88. The molecule has 3 rings (SSSR count). The van der Waals surface area contributed by atoms with Crippen molar-refractivity contribution in [1.29, 1.82) is 0 Å². The fraction of sp³-hybridized carbons (Fsp3) is 0.190. The Morgan fingerprint density at radius 3 is 2.32 bits per heavy atom. The lowest BCUT2D eigenvalue weighted by atomic mass is 10.1. The lowest BCUT2D eigenvalue weighted by Gasteiger charge is -2.22. The van der Waals surface area contributed by atoms with E-state index in [1.807, 2.05) is 47.8 Å². The maximum absolute atomic E-state index is 12.9. The van der Waals surface area contributed by atoms with Crippen LogP contribution in [0.5, 0.6) is 0 Å². The van der Waals surface area contributed by atoms with E-state index in [2.05, 4.69) is 0 Å². The highest BCUT2D eigenvalue weighted by atomic mass is 35.5. The summed E-state index contributed by atoms with van der Waals surface area (Å²) in [6.45, 7) is 0.857. The second kappa shape index (κ2) is 9.37. The van der Waals surface area contributed by atoms with Crippen LogP contribution in [-0.2, 0) is 27.6 Å². The van der Waals surface area contributed by atoms with Crippen molar-refractivity contribution in [2.24, 2.45) is 0 Å². The zero-order chi connectivity index (χ0) is 20.0. The molecule has 2 aromatic carbocycles. The minimum absolute atomic E-state index is 0.101. The number of rotatable bonds is 8. The lowest BCUT2D eigenvalue weighted by molar-refractivity contribution is -0.129. The molecule has 0 spiro atoms. The molecular weight excluding hydrogens is 414 g/mol. The largest absolute Gasteiger partial charge is 0.336 e. The van der Waals surface area contributed by atoms with E-state index in [4.69, 9.17) is 11.6 Å². The van der Waals surface area contributed by atoms with Gasteiger partial charge in [-0.3, -0.25) is 4.79 Å². The van der Waals surface area contributed by atoms with Crippen LogP contribution in [0.25, 0.3) is 0 Å². The molecule has 0 fully saturated rings. The predicted octanol–water partition coefficient (Wildman–Crippen LogP) is 4.45. The first-order valence-corrected chi connectivity index (χ1v) is 11.7. The summed E-state index contributed by atoms with van der Waals surface area (Å²) in [6, 6.07) is 19.6. The Hall–Kier alpha value is -2.15. The predicted molar refractivity (Wildman–Crippen MR) is 113 cm³/mol. The van der Waals surface area contributed by atoms with Gasteiger partial charge in [-0.25, -0.2) is 8.42 Å². The molecule has 4 nitrogen and oxygen atoms in total. The first-order valence-electron chi connectivity index (χ1n) is 8.76. The van der Waals surface area contributed by atoms with Crippen LogP contribution in [-0.4, -0.2) is 31.5 Å². The Bertz CT molecular complexity index is 1000. The van der Waals surface area contributed by atoms with Gasteiger partial charge in [0.1, 0.15) is 5.75 Å². The van der Waals surface area contributed by atoms with Gasteiger partial charge in [0.05, 0.1) is 11.4 Å². The summed E-state index contributed by atoms with van der Waals surface area (Å²) in [6.07, 6.45) is 0.666. The molecule has 0 saturated carbocycles. The highest BCUT2D eigenvalue weighted by Gasteiger charge is 2.24. The molecule has 7 heteroatoms. The minimum Gasteiger partial charge on any atom is -0.336 e. The van der Waals surface area contributed by atoms with Crippen LogP contribution in [0.3, 0.4) is 0 Å². The zero-order valence-electron chi connectivity index (χ0n) is 15.1. The van der Waals surface area contributed by atoms with E-state index in [9.17, 15) is 13.2 Å². The van der Waals surface area contributed by atoms with Gasteiger partial charge < -0.3 is 4.90 Å². The van der Waals surface area contributed by atoms with E-state index in [0.717, 1.165) is 10.4 Å². The van der Waals surface area contributed by atoms with Crippen LogP contribution in [0, 0.1) is 0 Å². The number of halogens is 1. The second-order valence-electron chi connectivity index (χ2n) is 6.34. The van der Waals surface area contributed by atoms with Gasteiger partial charge in [0.2, 0.25) is 5.91 Å². The third-order valence-electron chi connectivity index (χ3n) is 4.28. The van der Waals surface area contributed by atoms with E-state index < -0.39 is 21.5 Å². The van der Waals surface area contributed by atoms with Crippen molar-refractivity contribution in [3.05, 3.63) is 87.6 Å². The van der Waals surface area contributed by atoms with Gasteiger partial charge in [-0.1, -0.05) is 48.0 Å². The van der Waals surface area contributed by atoms with Crippen molar-refractivity contribution < 1.29 is 13.2 Å². The molecular formula is C21H20ClNO3S2. The monoisotopic (exact) mass is 433 g/mol. The van der Waals surface area contributed by atoms with Crippen molar-refractivity contribution in [2.45, 2.75) is 17.9 Å². The average molecular weight is 434 g/mol. The average Bonchev–Trinajstić information content (AvgIpc) is 3.19. The fourth-order valence-corrected chi connectivity index (χ4v) is 4.84. The summed E-state index contributed by atoms with van der Waals surface area (Å²) in [5.41, 5.74) is 1.10. The summed E-state index contributed by atoms with van der Waals surface area (Å²) in [7, 11) is -3.73. The summed E-state index contributed by atoms with van der Waals surface area (Å²) < 4.78 is 25.3. The first kappa shape index (κ1) is 20.6. The van der Waals surface area contributed by atoms with Crippen LogP contribution in [0.15, 0.2) is 77.0 Å². The second-order valence-corrected chi connectivity index (χ2v) is 9.80. The lowest BCUT2D eigenvalue weighted by Crippen LogP contribution is -2.36. The molecule has 0 aliphatic rings. The molecule has 0 N–H and O–H groups in total. The van der Waals surface area contributed by atoms with Crippen molar-refractivity contribution in [3.8, 4) is 0 Å². The van der Waals surface area contributed by atoms with Gasteiger partial charge in [0.15, 0.2) is 9.84 Å². The van der Waals surface area contributed by atoms with E-state index in [-0.39, 0.29) is 4.90 Å². The van der Waals surface area contributed by atoms with Crippen LogP contribution < -0.4 is 0 Å². The molecule has 0 bridgehead atoms. The highest BCUT2D eigenvalue weighted by molar-refractivity contribution is 7.92. The zero-order valence-corrected chi connectivity index (χ0v) is 17.5. The molecule has 0 saturated heterocycles. The number of sulfone groups is 1. The van der Waals surface area contributed by atoms with Crippen LogP contribution in [0.2, 0.25) is 5.02 Å². The molecule has 146 valence electrons. The van der Waals surface area contributed by atoms with E-state index in [1.165, 1.54) is 24.3 Å². The SMILES string of the molecule is O=C(CS(=O)(=O)c1ccc(Cl)cc1)N(CCc1ccccc1)Cc1cccs1. The molecule has 1 aromatic heterocycles. The summed E-state index contributed by atoms with van der Waals surface area (Å²) in [4.78, 5) is 15.6. The summed E-state index contributed by atoms with van der Waals surface area (Å²) >= 11 is 7.38. The van der Waals surface area contributed by atoms with Crippen LogP contribution >= 0.6 is 22.9 Å². The molecule has 1 heterocycles. The molecule has 0 unspecified atom stereocenters. The highest BCUT2D eigenvalue weighted by Crippen LogP contribution is 2.18. The van der Waals surface area contributed by atoms with Gasteiger partial charge >= 0.3 is 0 Å². The van der Waals surface area contributed by atoms with E-state index >= 15 is 0 Å². The maximum Gasteiger partial charge on any atom is 0.238 e. The Balaban J connectivity index is 1.74. The van der Waals surface area contributed by atoms with E-state index in [1.54, 1.807) is 16.2 Å². The molecule has 0 radical (unpaired) electrons. The Morgan fingerprint density at radius 1 is 0.964 bits per heavy atom. The Morgan fingerprint density at radius 2 is 1.68 bits per heavy atom. The van der Waals surface area contributed by atoms with E-state index in [0.29, 0.717) is 24.5 Å². The number of carbonyl (C=O) groups is 1. The number of hydrogen-bond acceptors (Lipinski definition) is 4. The number of amides is 1. The molecule has 3 aromatic rings. The summed E-state index contributed by atoms with van der Waals surface area (Å²) in [5.74, 6) is -0.964. The number of hydrogen-bond donors (Lipinski definition) is 0. The Labute approximate surface area is 174 Å². The first-order chi connectivity index (χ1) is 13.4. The quantitative estimate of drug-likeness (QED) is 0.527. The van der Waals surface area contributed by atoms with Gasteiger partial charge in [0.25, 0.3) is 0 Å². The fourth-order valence-electron chi connectivity index (χ4n) is 2.77. The maximum atomic E-state index is 12.9. The summed E-state index contributed by atoms with van der Waals surface area (Å²) in [5, 5.41) is 2.40. The molecule has 0 aliphatic heterocycles. The van der Waals surface area contributed by atoms with Crippen LogP contribution in [0.1, 0.15) is 10.4 Å². The van der Waals surface area contributed by atoms with Crippen molar-refractivity contribution in [1.82, 2.24) is 4.90 Å². The standard InChI is InChI=1S/C21H20ClNO3S2/c22-18-8-10-20(11-9-18)28(25,26)16-21(24)23(15-19-7-4-14-27-19)13-12-17-5-2-1-3-6-17/h1-11,14H,12-13,15-16H2. The van der Waals surface area contributed by atoms with Gasteiger partial charge in [-0.05, 0) is 47.7 Å². The van der Waals surface area contributed by atoms with Crippen LogP contribution in [0.4, 0.5) is 0 Å². The third kappa shape index (κ3) is 5.67. The minimum atomic E-state index is -3.73. The number of nitrogens with zero attached hydrogens (tertiary/aromatic N) is 1. The van der Waals surface area contributed by atoms with Gasteiger partial charge in [0, 0.05) is 16.4 Å². The van der Waals surface area contributed by atoms with Gasteiger partial charge in [-0.15, -0.1) is 11.3 Å². The number of thiophene rings is 1. The number of carbonyl (C=O) groups excluding carboxylic acids is 1. The third-order valence-corrected chi connectivity index (χ3v) is 7.01. The molecule has 1 amide bonds. The normalized spacial score (nSPS) is 11.3. The van der Waals surface area contributed by atoms with Crippen molar-refractivity contribution >= 4 is 38.7 Å². The molecule has 28 heavy (non-hydrogen) atoms. The smallest absolute Gasteiger partial charge is 0.238 e. The number of benzene rings is 2. The topological polar surface area (TPSA) is 54.5 Å². The van der Waals surface area contributed by atoms with Crippen molar-refractivity contribution in [3.63, 3.8) is 0 Å². The van der Waals surface area contributed by atoms with Crippen molar-refractivity contribution in [2.75, 3.05) is 12.3 Å².